The lowest BCUT2D eigenvalue weighted by molar-refractivity contribution is -0.142. The maximum absolute atomic E-state index is 12.7. The highest BCUT2D eigenvalue weighted by Gasteiger charge is 2.46. The Bertz CT molecular complexity index is 897. The Morgan fingerprint density at radius 2 is 1.63 bits per heavy atom. The van der Waals surface area contributed by atoms with E-state index >= 15 is 0 Å². The van der Waals surface area contributed by atoms with Crippen molar-refractivity contribution in [3.63, 3.8) is 0 Å². The van der Waals surface area contributed by atoms with Crippen LogP contribution in [0.15, 0.2) is 18.2 Å². The van der Waals surface area contributed by atoms with Crippen molar-refractivity contribution in [2.24, 2.45) is 0 Å². The third kappa shape index (κ3) is 5.92. The first-order valence-corrected chi connectivity index (χ1v) is 13.5. The molecule has 2 aliphatic heterocycles. The number of ether oxygens (including phenoxy) is 2. The third-order valence-electron chi connectivity index (χ3n) is 8.08. The molecule has 0 radical (unpaired) electrons. The lowest BCUT2D eigenvalue weighted by Crippen LogP contribution is -2.48. The summed E-state index contributed by atoms with van der Waals surface area (Å²) in [4.78, 5) is 25.3. The lowest BCUT2D eigenvalue weighted by Gasteiger charge is -2.37. The second kappa shape index (κ2) is 11.2. The Morgan fingerprint density at radius 1 is 0.943 bits per heavy atom. The van der Waals surface area contributed by atoms with Crippen LogP contribution in [-0.4, -0.2) is 54.0 Å². The van der Waals surface area contributed by atoms with Crippen molar-refractivity contribution in [1.82, 2.24) is 10.6 Å². The summed E-state index contributed by atoms with van der Waals surface area (Å²) in [5.74, 6) is 0.783. The Balaban J connectivity index is 1.22. The number of fused-ring (bicyclic) bond motifs is 3. The van der Waals surface area contributed by atoms with Gasteiger partial charge in [0.15, 0.2) is 0 Å². The monoisotopic (exact) mass is 485 g/mol. The molecule has 4 aliphatic rings. The first-order chi connectivity index (χ1) is 17.1. The SMILES string of the molecule is O=C(C[C@H]1C[C@@H]2c3cc(NC(=O)NC4CCCCC4)ccc3O[C@@H]2[C@H](CO)O1)NC1CCCCC1. The van der Waals surface area contributed by atoms with Gasteiger partial charge < -0.3 is 30.5 Å². The molecule has 2 aliphatic carbocycles. The van der Waals surface area contributed by atoms with Crippen LogP contribution in [-0.2, 0) is 9.53 Å². The molecule has 8 heteroatoms. The minimum atomic E-state index is -0.486. The molecule has 35 heavy (non-hydrogen) atoms. The van der Waals surface area contributed by atoms with Crippen molar-refractivity contribution in [3.05, 3.63) is 23.8 Å². The van der Waals surface area contributed by atoms with Gasteiger partial charge in [0.1, 0.15) is 18.0 Å². The minimum absolute atomic E-state index is 0.00605. The molecule has 1 saturated heterocycles. The molecule has 192 valence electrons. The van der Waals surface area contributed by atoms with Crippen molar-refractivity contribution in [2.75, 3.05) is 11.9 Å². The van der Waals surface area contributed by atoms with Crippen LogP contribution in [0.5, 0.6) is 5.75 Å². The van der Waals surface area contributed by atoms with Gasteiger partial charge in [0, 0.05) is 29.3 Å². The highest BCUT2D eigenvalue weighted by Crippen LogP contribution is 2.47. The summed E-state index contributed by atoms with van der Waals surface area (Å²) in [6, 6.07) is 6.03. The van der Waals surface area contributed by atoms with Gasteiger partial charge in [-0.15, -0.1) is 0 Å². The van der Waals surface area contributed by atoms with E-state index in [2.05, 4.69) is 16.0 Å². The van der Waals surface area contributed by atoms with Gasteiger partial charge in [0.25, 0.3) is 0 Å². The first-order valence-electron chi connectivity index (χ1n) is 13.5. The van der Waals surface area contributed by atoms with E-state index in [1.165, 1.54) is 25.7 Å². The van der Waals surface area contributed by atoms with E-state index in [0.29, 0.717) is 6.42 Å². The number of nitrogens with one attached hydrogen (secondary N) is 3. The van der Waals surface area contributed by atoms with E-state index in [-0.39, 0.29) is 55.2 Å². The van der Waals surface area contributed by atoms with Crippen LogP contribution in [0.1, 0.15) is 88.5 Å². The average molecular weight is 486 g/mol. The number of benzene rings is 1. The van der Waals surface area contributed by atoms with Crippen LogP contribution < -0.4 is 20.7 Å². The van der Waals surface area contributed by atoms with Gasteiger partial charge in [-0.1, -0.05) is 38.5 Å². The largest absolute Gasteiger partial charge is 0.487 e. The van der Waals surface area contributed by atoms with Gasteiger partial charge >= 0.3 is 6.03 Å². The molecule has 3 fully saturated rings. The van der Waals surface area contributed by atoms with Gasteiger partial charge in [-0.05, 0) is 50.3 Å². The topological polar surface area (TPSA) is 109 Å². The molecular formula is C27H39N3O5. The fourth-order valence-corrected chi connectivity index (χ4v) is 6.31. The number of urea groups is 1. The summed E-state index contributed by atoms with van der Waals surface area (Å²) >= 11 is 0. The summed E-state index contributed by atoms with van der Waals surface area (Å²) in [6.45, 7) is -0.162. The van der Waals surface area contributed by atoms with Gasteiger partial charge in [-0.25, -0.2) is 4.79 Å². The molecular weight excluding hydrogens is 446 g/mol. The van der Waals surface area contributed by atoms with Crippen LogP contribution in [0.3, 0.4) is 0 Å². The van der Waals surface area contributed by atoms with Crippen LogP contribution in [0.2, 0.25) is 0 Å². The van der Waals surface area contributed by atoms with Crippen molar-refractivity contribution in [3.8, 4) is 5.75 Å². The van der Waals surface area contributed by atoms with Gasteiger partial charge in [-0.3, -0.25) is 4.79 Å². The number of amides is 3. The number of hydrogen-bond donors (Lipinski definition) is 4. The van der Waals surface area contributed by atoms with Gasteiger partial charge in [0.2, 0.25) is 5.91 Å². The Morgan fingerprint density at radius 3 is 2.31 bits per heavy atom. The van der Waals surface area contributed by atoms with E-state index in [0.717, 1.165) is 55.5 Å². The van der Waals surface area contributed by atoms with Crippen molar-refractivity contribution >= 4 is 17.6 Å². The summed E-state index contributed by atoms with van der Waals surface area (Å²) in [7, 11) is 0. The molecule has 4 N–H and O–H groups in total. The quantitative estimate of drug-likeness (QED) is 0.488. The Labute approximate surface area is 207 Å². The molecule has 3 amide bonds. The fourth-order valence-electron chi connectivity index (χ4n) is 6.31. The zero-order valence-corrected chi connectivity index (χ0v) is 20.5. The van der Waals surface area contributed by atoms with Crippen molar-refractivity contribution in [2.45, 2.75) is 113 Å². The molecule has 0 unspecified atom stereocenters. The third-order valence-corrected chi connectivity index (χ3v) is 8.08. The van der Waals surface area contributed by atoms with Crippen LogP contribution in [0.25, 0.3) is 0 Å². The molecule has 5 rings (SSSR count). The zero-order valence-electron chi connectivity index (χ0n) is 20.5. The summed E-state index contributed by atoms with van der Waals surface area (Å²) in [6.07, 6.45) is 11.2. The number of anilines is 1. The van der Waals surface area contributed by atoms with E-state index < -0.39 is 6.10 Å². The molecule has 1 aromatic rings. The first kappa shape index (κ1) is 24.4. The second-order valence-corrected chi connectivity index (χ2v) is 10.7. The number of aliphatic hydroxyl groups excluding tert-OH is 1. The molecule has 2 saturated carbocycles. The minimum Gasteiger partial charge on any atom is -0.487 e. The molecule has 8 nitrogen and oxygen atoms in total. The molecule has 1 aromatic carbocycles. The standard InChI is InChI=1S/C27H39N3O5/c31-16-24-26-22(14-20(34-24)15-25(32)28-17-7-3-1-4-8-17)21-13-19(11-12-23(21)35-26)30-27(33)29-18-9-5-2-6-10-18/h11-13,17-18,20,22,24,26,31H,1-10,14-16H2,(H,28,32)(H2,29,30,33)/t20-,22-,24+,26+/m1/s1. The molecule has 0 spiro atoms. The second-order valence-electron chi connectivity index (χ2n) is 10.7. The van der Waals surface area contributed by atoms with Crippen molar-refractivity contribution in [1.29, 1.82) is 0 Å². The number of aliphatic hydroxyl groups is 1. The smallest absolute Gasteiger partial charge is 0.319 e. The number of rotatable bonds is 6. The maximum Gasteiger partial charge on any atom is 0.319 e. The summed E-state index contributed by atoms with van der Waals surface area (Å²) < 4.78 is 12.3. The summed E-state index contributed by atoms with van der Waals surface area (Å²) in [5.41, 5.74) is 1.73. The Kier molecular flexibility index (Phi) is 7.78. The Hall–Kier alpha value is -2.32. The predicted molar refractivity (Wildman–Crippen MR) is 133 cm³/mol. The van der Waals surface area contributed by atoms with E-state index in [9.17, 15) is 14.7 Å². The number of carbonyl (C=O) groups is 2. The fraction of sp³-hybridized carbons (Fsp3) is 0.704. The molecule has 4 atom stereocenters. The van der Waals surface area contributed by atoms with Crippen molar-refractivity contribution < 1.29 is 24.2 Å². The molecule has 0 bridgehead atoms. The zero-order chi connectivity index (χ0) is 24.2. The highest BCUT2D eigenvalue weighted by atomic mass is 16.6. The molecule has 2 heterocycles. The predicted octanol–water partition coefficient (Wildman–Crippen LogP) is 3.97. The van der Waals surface area contributed by atoms with Crippen LogP contribution in [0.4, 0.5) is 10.5 Å². The van der Waals surface area contributed by atoms with E-state index in [1.807, 2.05) is 18.2 Å². The lowest BCUT2D eigenvalue weighted by atomic mass is 9.84. The van der Waals surface area contributed by atoms with E-state index in [4.69, 9.17) is 9.47 Å². The molecule has 0 aromatic heterocycles. The van der Waals surface area contributed by atoms with Crippen LogP contribution in [0, 0.1) is 0 Å². The average Bonchev–Trinajstić information content (AvgIpc) is 3.22. The number of hydrogen-bond acceptors (Lipinski definition) is 5. The van der Waals surface area contributed by atoms with E-state index in [1.54, 1.807) is 0 Å². The van der Waals surface area contributed by atoms with Gasteiger partial charge in [-0.2, -0.15) is 0 Å². The normalized spacial score (nSPS) is 28.9. The number of carbonyl (C=O) groups excluding carboxylic acids is 2. The summed E-state index contributed by atoms with van der Waals surface area (Å²) in [5, 5.41) is 19.2. The van der Waals surface area contributed by atoms with Gasteiger partial charge in [0.05, 0.1) is 19.1 Å². The maximum atomic E-state index is 12.7. The highest BCUT2D eigenvalue weighted by molar-refractivity contribution is 5.89. The van der Waals surface area contributed by atoms with Crippen LogP contribution >= 0.6 is 0 Å².